The lowest BCUT2D eigenvalue weighted by molar-refractivity contribution is -0.133. The molecule has 1 aliphatic rings. The minimum Gasteiger partial charge on any atom is -0.478 e. The number of likely N-dealkylation sites (tertiary alicyclic amines) is 1. The Labute approximate surface area is 217 Å². The van der Waals surface area contributed by atoms with Crippen LogP contribution in [-0.4, -0.2) is 57.6 Å². The molecule has 2 aromatic carbocycles. The number of H-pyrrole nitrogens is 1. The van der Waals surface area contributed by atoms with Gasteiger partial charge in [-0.25, -0.2) is 4.79 Å². The van der Waals surface area contributed by atoms with Crippen molar-refractivity contribution in [3.8, 4) is 22.8 Å². The lowest BCUT2D eigenvalue weighted by Crippen LogP contribution is -2.43. The minimum absolute atomic E-state index is 0.0121. The molecule has 2 amide bonds. The Kier molecular flexibility index (Phi) is 7.81. The highest BCUT2D eigenvalue weighted by Gasteiger charge is 2.26. The van der Waals surface area contributed by atoms with Gasteiger partial charge in [0, 0.05) is 37.2 Å². The van der Waals surface area contributed by atoms with Crippen LogP contribution in [0.25, 0.3) is 11.3 Å². The highest BCUT2D eigenvalue weighted by Crippen LogP contribution is 2.41. The molecule has 0 atom stereocenters. The number of aromatic carboxylic acids is 1. The summed E-state index contributed by atoms with van der Waals surface area (Å²) in [5.41, 5.74) is 2.29. The molecule has 36 heavy (non-hydrogen) atoms. The predicted molar refractivity (Wildman–Crippen MR) is 135 cm³/mol. The molecule has 1 saturated heterocycles. The molecule has 9 nitrogen and oxygen atoms in total. The van der Waals surface area contributed by atoms with E-state index in [9.17, 15) is 14.4 Å². The number of carbonyl (C=O) groups excluding carboxylic acids is 2. The monoisotopic (exact) mass is 530 g/mol. The fourth-order valence-electron chi connectivity index (χ4n) is 4.06. The molecule has 3 N–H and O–H groups in total. The zero-order valence-electron chi connectivity index (χ0n) is 19.4. The first-order chi connectivity index (χ1) is 17.2. The predicted octanol–water partition coefficient (Wildman–Crippen LogP) is 4.72. The van der Waals surface area contributed by atoms with Crippen LogP contribution in [0.2, 0.25) is 10.0 Å². The lowest BCUT2D eigenvalue weighted by atomic mass is 9.93. The van der Waals surface area contributed by atoms with Crippen molar-refractivity contribution < 1.29 is 24.2 Å². The summed E-state index contributed by atoms with van der Waals surface area (Å²) in [6, 6.07) is 11.4. The van der Waals surface area contributed by atoms with Crippen LogP contribution in [0.15, 0.2) is 42.5 Å². The number of carbonyl (C=O) groups is 3. The number of nitrogens with one attached hydrogen (secondary N) is 2. The van der Waals surface area contributed by atoms with E-state index in [0.717, 1.165) is 18.5 Å². The third kappa shape index (κ3) is 5.80. The molecule has 0 aliphatic carbocycles. The van der Waals surface area contributed by atoms with Crippen LogP contribution in [-0.2, 0) is 9.59 Å². The van der Waals surface area contributed by atoms with Gasteiger partial charge in [0.15, 0.2) is 0 Å². The summed E-state index contributed by atoms with van der Waals surface area (Å²) in [6.45, 7) is 2.59. The molecule has 1 aliphatic heterocycles. The maximum absolute atomic E-state index is 12.2. The fraction of sp³-hybridized carbons (Fsp3) is 0.280. The Balaban J connectivity index is 1.43. The van der Waals surface area contributed by atoms with Crippen molar-refractivity contribution in [2.24, 2.45) is 0 Å². The van der Waals surface area contributed by atoms with Crippen LogP contribution in [0.5, 0.6) is 11.5 Å². The Morgan fingerprint density at radius 3 is 2.58 bits per heavy atom. The molecule has 0 saturated carbocycles. The first-order valence-corrected chi connectivity index (χ1v) is 12.1. The van der Waals surface area contributed by atoms with E-state index in [2.05, 4.69) is 15.5 Å². The largest absolute Gasteiger partial charge is 0.478 e. The molecule has 188 valence electrons. The summed E-state index contributed by atoms with van der Waals surface area (Å²) >= 11 is 13.0. The number of rotatable bonds is 7. The third-order valence-electron chi connectivity index (χ3n) is 6.01. The van der Waals surface area contributed by atoms with Gasteiger partial charge in [-0.2, -0.15) is 5.10 Å². The number of ether oxygens (including phenoxy) is 1. The number of hydrogen-bond donors (Lipinski definition) is 3. The van der Waals surface area contributed by atoms with Gasteiger partial charge in [-0.1, -0.05) is 29.3 Å². The Morgan fingerprint density at radius 1 is 1.14 bits per heavy atom. The number of halogens is 2. The highest BCUT2D eigenvalue weighted by molar-refractivity contribution is 6.44. The molecule has 1 aromatic heterocycles. The van der Waals surface area contributed by atoms with Gasteiger partial charge in [0.25, 0.3) is 0 Å². The van der Waals surface area contributed by atoms with Crippen LogP contribution in [0, 0.1) is 0 Å². The van der Waals surface area contributed by atoms with Crippen molar-refractivity contribution in [1.29, 1.82) is 0 Å². The third-order valence-corrected chi connectivity index (χ3v) is 6.87. The molecule has 0 radical (unpaired) electrons. The molecule has 11 heteroatoms. The fourth-order valence-corrected chi connectivity index (χ4v) is 4.52. The van der Waals surface area contributed by atoms with E-state index in [4.69, 9.17) is 33.0 Å². The number of nitrogens with zero attached hydrogens (tertiary/aromatic N) is 2. The number of amides is 2. The van der Waals surface area contributed by atoms with E-state index in [1.807, 2.05) is 6.07 Å². The van der Waals surface area contributed by atoms with Gasteiger partial charge in [0.1, 0.15) is 16.5 Å². The van der Waals surface area contributed by atoms with Crippen LogP contribution in [0.3, 0.4) is 0 Å². The quantitative estimate of drug-likeness (QED) is 0.406. The molecule has 4 rings (SSSR count). The van der Waals surface area contributed by atoms with Crippen molar-refractivity contribution in [2.75, 3.05) is 19.6 Å². The number of carboxylic acid groups (broad SMARTS) is 1. The normalized spacial score (nSPS) is 13.9. The molecule has 0 spiro atoms. The average Bonchev–Trinajstić information content (AvgIpc) is 3.35. The molecule has 0 unspecified atom stereocenters. The lowest BCUT2D eigenvalue weighted by Gasteiger charge is -2.31. The van der Waals surface area contributed by atoms with Gasteiger partial charge in [0.05, 0.1) is 22.8 Å². The summed E-state index contributed by atoms with van der Waals surface area (Å²) in [4.78, 5) is 36.2. The molecule has 2 heterocycles. The molecule has 1 fully saturated rings. The van der Waals surface area contributed by atoms with Gasteiger partial charge in [-0.05, 0) is 49.2 Å². The van der Waals surface area contributed by atoms with E-state index < -0.39 is 5.97 Å². The second kappa shape index (κ2) is 11.0. The van der Waals surface area contributed by atoms with Crippen LogP contribution < -0.4 is 10.1 Å². The Morgan fingerprint density at radius 2 is 1.89 bits per heavy atom. The first-order valence-electron chi connectivity index (χ1n) is 11.3. The summed E-state index contributed by atoms with van der Waals surface area (Å²) < 4.78 is 5.77. The minimum atomic E-state index is -1.06. The SMILES string of the molecule is CC(=O)NCC(=O)N1CCC(c2cc(-c3ccc(Oc4cccc(C(=O)O)c4)c(Cl)c3Cl)n[nH]2)CC1. The van der Waals surface area contributed by atoms with Crippen molar-refractivity contribution >= 4 is 41.0 Å². The maximum Gasteiger partial charge on any atom is 0.335 e. The summed E-state index contributed by atoms with van der Waals surface area (Å²) in [7, 11) is 0. The zero-order chi connectivity index (χ0) is 25.8. The van der Waals surface area contributed by atoms with E-state index in [-0.39, 0.29) is 39.9 Å². The summed E-state index contributed by atoms with van der Waals surface area (Å²) in [6.07, 6.45) is 1.54. The van der Waals surface area contributed by atoms with E-state index >= 15 is 0 Å². The highest BCUT2D eigenvalue weighted by atomic mass is 35.5. The molecular formula is C25H24Cl2N4O5. The van der Waals surface area contributed by atoms with Gasteiger partial charge in [-0.15, -0.1) is 0 Å². The molecule has 0 bridgehead atoms. The first kappa shape index (κ1) is 25.5. The summed E-state index contributed by atoms with van der Waals surface area (Å²) in [5.74, 6) is -0.558. The number of carboxylic acids is 1. The van der Waals surface area contributed by atoms with E-state index in [0.29, 0.717) is 35.8 Å². The van der Waals surface area contributed by atoms with E-state index in [1.165, 1.54) is 19.1 Å². The number of aromatic nitrogens is 2. The van der Waals surface area contributed by atoms with Crippen LogP contribution >= 0.6 is 23.2 Å². The Hall–Kier alpha value is -3.56. The number of hydrogen-bond acceptors (Lipinski definition) is 5. The Bertz CT molecular complexity index is 1300. The molecular weight excluding hydrogens is 507 g/mol. The second-order valence-electron chi connectivity index (χ2n) is 8.45. The van der Waals surface area contributed by atoms with Gasteiger partial charge < -0.3 is 20.1 Å². The second-order valence-corrected chi connectivity index (χ2v) is 9.20. The standard InChI is InChI=1S/C25H24Cl2N4O5/c1-14(32)28-13-22(33)31-9-7-15(8-10-31)19-12-20(30-29-19)18-5-6-21(24(27)23(18)26)36-17-4-2-3-16(11-17)25(34)35/h2-6,11-12,15H,7-10,13H2,1H3,(H,28,32)(H,29,30)(H,34,35). The number of piperidine rings is 1. The zero-order valence-corrected chi connectivity index (χ0v) is 20.9. The van der Waals surface area contributed by atoms with Crippen molar-refractivity contribution in [2.45, 2.75) is 25.7 Å². The van der Waals surface area contributed by atoms with Gasteiger partial charge in [0.2, 0.25) is 11.8 Å². The number of aromatic amines is 1. The van der Waals surface area contributed by atoms with Crippen molar-refractivity contribution in [1.82, 2.24) is 20.4 Å². The average molecular weight is 531 g/mol. The van der Waals surface area contributed by atoms with Gasteiger partial charge in [-0.3, -0.25) is 14.7 Å². The molecule has 3 aromatic rings. The van der Waals surface area contributed by atoms with Crippen LogP contribution in [0.4, 0.5) is 0 Å². The maximum atomic E-state index is 12.2. The summed E-state index contributed by atoms with van der Waals surface area (Å²) in [5, 5.41) is 19.6. The van der Waals surface area contributed by atoms with Crippen molar-refractivity contribution in [3.63, 3.8) is 0 Å². The number of benzene rings is 2. The topological polar surface area (TPSA) is 125 Å². The van der Waals surface area contributed by atoms with Crippen molar-refractivity contribution in [3.05, 3.63) is 63.8 Å². The smallest absolute Gasteiger partial charge is 0.335 e. The van der Waals surface area contributed by atoms with Crippen LogP contribution in [0.1, 0.15) is 41.7 Å². The van der Waals surface area contributed by atoms with Gasteiger partial charge >= 0.3 is 5.97 Å². The van der Waals surface area contributed by atoms with E-state index in [1.54, 1.807) is 29.2 Å².